The van der Waals surface area contributed by atoms with Gasteiger partial charge in [0.2, 0.25) is 0 Å². The summed E-state index contributed by atoms with van der Waals surface area (Å²) in [5, 5.41) is 18.6. The van der Waals surface area contributed by atoms with Crippen LogP contribution in [0.15, 0.2) is 17.5 Å². The van der Waals surface area contributed by atoms with Crippen molar-refractivity contribution in [3.05, 3.63) is 33.0 Å². The molecule has 18 heavy (non-hydrogen) atoms. The van der Waals surface area contributed by atoms with Gasteiger partial charge in [0, 0.05) is 4.88 Å². The van der Waals surface area contributed by atoms with Crippen molar-refractivity contribution in [2.45, 2.75) is 19.4 Å². The fourth-order valence-electron chi connectivity index (χ4n) is 1.44. The average molecular weight is 283 g/mol. The summed E-state index contributed by atoms with van der Waals surface area (Å²) in [6.07, 6.45) is 0. The number of nitrogens with one attached hydrogen (secondary N) is 1. The molecule has 7 heteroatoms. The van der Waals surface area contributed by atoms with Crippen LogP contribution in [0.3, 0.4) is 0 Å². The minimum atomic E-state index is -1.06. The van der Waals surface area contributed by atoms with Gasteiger partial charge < -0.3 is 10.4 Å². The first-order chi connectivity index (χ1) is 8.50. The summed E-state index contributed by atoms with van der Waals surface area (Å²) in [7, 11) is 0. The van der Waals surface area contributed by atoms with Gasteiger partial charge in [0.25, 0.3) is 5.91 Å². The lowest BCUT2D eigenvalue weighted by Gasteiger charge is -2.22. The molecule has 2 heterocycles. The van der Waals surface area contributed by atoms with Crippen LogP contribution in [0.25, 0.3) is 0 Å². The molecule has 0 saturated heterocycles. The number of thiophene rings is 1. The van der Waals surface area contributed by atoms with Gasteiger partial charge in [0.05, 0.1) is 12.2 Å². The van der Waals surface area contributed by atoms with Gasteiger partial charge in [-0.25, -0.2) is 0 Å². The summed E-state index contributed by atoms with van der Waals surface area (Å²) < 4.78 is 3.71. The normalized spacial score (nSPS) is 14.2. The zero-order valence-electron chi connectivity index (χ0n) is 10.0. The number of aliphatic hydroxyl groups is 1. The highest BCUT2D eigenvalue weighted by atomic mass is 32.1. The van der Waals surface area contributed by atoms with Gasteiger partial charge in [-0.15, -0.1) is 16.4 Å². The maximum Gasteiger partial charge on any atom is 0.265 e. The standard InChI is InChI=1S/C11H13N3O2S2/c1-7-9(18-14-13-7)10(15)12-6-11(2,16)8-4-3-5-17-8/h3-5,16H,6H2,1-2H3,(H,12,15)/t11-/m0/s1. The van der Waals surface area contributed by atoms with Gasteiger partial charge in [-0.1, -0.05) is 10.6 Å². The molecule has 0 radical (unpaired) electrons. The minimum Gasteiger partial charge on any atom is -0.383 e. The van der Waals surface area contributed by atoms with Crippen LogP contribution in [0.4, 0.5) is 0 Å². The number of rotatable bonds is 4. The van der Waals surface area contributed by atoms with Crippen molar-refractivity contribution in [2.24, 2.45) is 0 Å². The Labute approximate surface area is 113 Å². The number of aryl methyl sites for hydroxylation is 1. The van der Waals surface area contributed by atoms with Gasteiger partial charge in [-0.3, -0.25) is 4.79 Å². The van der Waals surface area contributed by atoms with Gasteiger partial charge in [-0.05, 0) is 36.8 Å². The number of aromatic nitrogens is 2. The Hall–Kier alpha value is -1.31. The van der Waals surface area contributed by atoms with Gasteiger partial charge >= 0.3 is 0 Å². The maximum atomic E-state index is 11.9. The van der Waals surface area contributed by atoms with E-state index in [9.17, 15) is 9.90 Å². The second-order valence-electron chi connectivity index (χ2n) is 4.12. The third-order valence-corrected chi connectivity index (χ3v) is 4.45. The van der Waals surface area contributed by atoms with E-state index in [-0.39, 0.29) is 12.5 Å². The molecule has 2 rings (SSSR count). The minimum absolute atomic E-state index is 0.156. The monoisotopic (exact) mass is 283 g/mol. The van der Waals surface area contributed by atoms with Crippen LogP contribution in [0.2, 0.25) is 0 Å². The first-order valence-electron chi connectivity index (χ1n) is 5.34. The average Bonchev–Trinajstić information content (AvgIpc) is 2.96. The highest BCUT2D eigenvalue weighted by Gasteiger charge is 2.25. The molecule has 0 aromatic carbocycles. The van der Waals surface area contributed by atoms with Crippen molar-refractivity contribution in [2.75, 3.05) is 6.54 Å². The van der Waals surface area contributed by atoms with E-state index in [1.807, 2.05) is 17.5 Å². The SMILES string of the molecule is Cc1nnsc1C(=O)NC[C@](C)(O)c1cccs1. The van der Waals surface area contributed by atoms with Crippen LogP contribution in [0.5, 0.6) is 0 Å². The lowest BCUT2D eigenvalue weighted by Crippen LogP contribution is -2.38. The number of amides is 1. The zero-order valence-corrected chi connectivity index (χ0v) is 11.6. The molecule has 0 spiro atoms. The molecule has 1 atom stereocenters. The molecule has 1 amide bonds. The van der Waals surface area contributed by atoms with E-state index in [0.717, 1.165) is 16.4 Å². The second-order valence-corrected chi connectivity index (χ2v) is 5.82. The van der Waals surface area contributed by atoms with Gasteiger partial charge in [0.15, 0.2) is 0 Å². The molecule has 0 aliphatic heterocycles. The smallest absolute Gasteiger partial charge is 0.265 e. The molecule has 2 aromatic heterocycles. The lowest BCUT2D eigenvalue weighted by atomic mass is 10.1. The van der Waals surface area contributed by atoms with Crippen LogP contribution in [-0.4, -0.2) is 27.1 Å². The quantitative estimate of drug-likeness (QED) is 0.892. The molecule has 0 bridgehead atoms. The Morgan fingerprint density at radius 2 is 2.39 bits per heavy atom. The fraction of sp³-hybridized carbons (Fsp3) is 0.364. The molecule has 2 N–H and O–H groups in total. The fourth-order valence-corrected chi connectivity index (χ4v) is 2.80. The summed E-state index contributed by atoms with van der Waals surface area (Å²) in [5.74, 6) is -0.251. The van der Waals surface area contributed by atoms with E-state index in [2.05, 4.69) is 14.9 Å². The first-order valence-corrected chi connectivity index (χ1v) is 6.99. The van der Waals surface area contributed by atoms with Gasteiger partial charge in [0.1, 0.15) is 10.5 Å². The van der Waals surface area contributed by atoms with Gasteiger partial charge in [-0.2, -0.15) is 0 Å². The van der Waals surface area contributed by atoms with E-state index < -0.39 is 5.60 Å². The lowest BCUT2D eigenvalue weighted by molar-refractivity contribution is 0.0557. The number of hydrogen-bond donors (Lipinski definition) is 2. The molecular formula is C11H13N3O2S2. The summed E-state index contributed by atoms with van der Waals surface area (Å²) >= 11 is 2.51. The first kappa shape index (κ1) is 13.1. The maximum absolute atomic E-state index is 11.9. The molecule has 0 aliphatic rings. The van der Waals surface area contributed by atoms with Crippen molar-refractivity contribution in [1.82, 2.24) is 14.9 Å². The Morgan fingerprint density at radius 1 is 1.61 bits per heavy atom. The molecule has 5 nitrogen and oxygen atoms in total. The van der Waals surface area contributed by atoms with Crippen molar-refractivity contribution in [1.29, 1.82) is 0 Å². The second kappa shape index (κ2) is 5.13. The Balaban J connectivity index is 2.00. The van der Waals surface area contributed by atoms with Crippen LogP contribution in [0, 0.1) is 6.92 Å². The third-order valence-electron chi connectivity index (χ3n) is 2.50. The van der Waals surface area contributed by atoms with E-state index in [1.165, 1.54) is 11.3 Å². The number of hydrogen-bond acceptors (Lipinski definition) is 6. The van der Waals surface area contributed by atoms with E-state index in [4.69, 9.17) is 0 Å². The Kier molecular flexibility index (Phi) is 3.74. The van der Waals surface area contributed by atoms with Crippen molar-refractivity contribution < 1.29 is 9.90 Å². The third kappa shape index (κ3) is 2.74. The summed E-state index contributed by atoms with van der Waals surface area (Å²) in [6.45, 7) is 3.57. The zero-order chi connectivity index (χ0) is 13.2. The topological polar surface area (TPSA) is 75.1 Å². The largest absolute Gasteiger partial charge is 0.383 e. The van der Waals surface area contributed by atoms with Crippen molar-refractivity contribution >= 4 is 28.8 Å². The summed E-state index contributed by atoms with van der Waals surface area (Å²) in [5.41, 5.74) is -0.455. The molecular weight excluding hydrogens is 270 g/mol. The predicted octanol–water partition coefficient (Wildman–Crippen LogP) is 1.55. The van der Waals surface area contributed by atoms with Crippen LogP contribution >= 0.6 is 22.9 Å². The summed E-state index contributed by atoms with van der Waals surface area (Å²) in [4.78, 5) is 13.2. The highest BCUT2D eigenvalue weighted by molar-refractivity contribution is 7.10. The Bertz CT molecular complexity index is 534. The number of carbonyl (C=O) groups is 1. The van der Waals surface area contributed by atoms with Crippen LogP contribution in [0.1, 0.15) is 27.2 Å². The van der Waals surface area contributed by atoms with Crippen LogP contribution in [-0.2, 0) is 5.60 Å². The van der Waals surface area contributed by atoms with Crippen molar-refractivity contribution in [3.8, 4) is 0 Å². The van der Waals surface area contributed by atoms with Crippen LogP contribution < -0.4 is 5.32 Å². The molecule has 96 valence electrons. The molecule has 0 unspecified atom stereocenters. The van der Waals surface area contributed by atoms with E-state index in [0.29, 0.717) is 10.6 Å². The number of carbonyl (C=O) groups excluding carboxylic acids is 1. The van der Waals surface area contributed by atoms with E-state index >= 15 is 0 Å². The number of nitrogens with zero attached hydrogens (tertiary/aromatic N) is 2. The molecule has 0 saturated carbocycles. The Morgan fingerprint density at radius 3 is 2.94 bits per heavy atom. The molecule has 0 aliphatic carbocycles. The van der Waals surface area contributed by atoms with Crippen molar-refractivity contribution in [3.63, 3.8) is 0 Å². The molecule has 2 aromatic rings. The molecule has 0 fully saturated rings. The van der Waals surface area contributed by atoms with E-state index in [1.54, 1.807) is 13.8 Å². The predicted molar refractivity (Wildman–Crippen MR) is 70.9 cm³/mol. The highest BCUT2D eigenvalue weighted by Crippen LogP contribution is 2.24. The summed E-state index contributed by atoms with van der Waals surface area (Å²) in [6, 6.07) is 3.71.